The van der Waals surface area contributed by atoms with Gasteiger partial charge >= 0.3 is 0 Å². The van der Waals surface area contributed by atoms with Crippen LogP contribution in [0, 0.1) is 24.0 Å². The van der Waals surface area contributed by atoms with Crippen molar-refractivity contribution in [2.45, 2.75) is 27.2 Å². The molecule has 0 amide bonds. The third-order valence-corrected chi connectivity index (χ3v) is 3.29. The van der Waals surface area contributed by atoms with E-state index in [9.17, 15) is 14.9 Å². The number of benzene rings is 1. The fraction of sp³-hybridized carbons (Fsp3) is 0.333. The summed E-state index contributed by atoms with van der Waals surface area (Å²) in [7, 11) is 0. The van der Waals surface area contributed by atoms with Crippen LogP contribution in [0.15, 0.2) is 23.0 Å². The maximum atomic E-state index is 11.9. The van der Waals surface area contributed by atoms with Gasteiger partial charge in [0, 0.05) is 23.4 Å². The average Bonchev–Trinajstić information content (AvgIpc) is 2.49. The average molecular weight is 303 g/mol. The van der Waals surface area contributed by atoms with Crippen LogP contribution in [0.4, 0.5) is 5.69 Å². The molecule has 0 unspecified atom stereocenters. The van der Waals surface area contributed by atoms with E-state index in [0.717, 1.165) is 6.42 Å². The Balaban J connectivity index is 2.62. The van der Waals surface area contributed by atoms with Crippen molar-refractivity contribution in [3.8, 4) is 17.1 Å². The van der Waals surface area contributed by atoms with Crippen LogP contribution in [0.5, 0.6) is 5.75 Å². The molecule has 116 valence electrons. The Hall–Kier alpha value is -2.70. The van der Waals surface area contributed by atoms with Gasteiger partial charge in [0.15, 0.2) is 0 Å². The summed E-state index contributed by atoms with van der Waals surface area (Å²) in [6, 6.07) is 4.25. The lowest BCUT2D eigenvalue weighted by atomic mass is 10.1. The number of hydrogen-bond acceptors (Lipinski definition) is 5. The highest BCUT2D eigenvalue weighted by Gasteiger charge is 2.16. The molecule has 0 atom stereocenters. The lowest BCUT2D eigenvalue weighted by Gasteiger charge is -2.11. The smallest absolute Gasteiger partial charge is 0.270 e. The maximum Gasteiger partial charge on any atom is 0.270 e. The van der Waals surface area contributed by atoms with E-state index in [4.69, 9.17) is 4.74 Å². The number of aromatic amines is 1. The van der Waals surface area contributed by atoms with Gasteiger partial charge in [-0.2, -0.15) is 0 Å². The molecule has 0 radical (unpaired) electrons. The number of nitro groups is 1. The lowest BCUT2D eigenvalue weighted by Crippen LogP contribution is -2.14. The van der Waals surface area contributed by atoms with E-state index >= 15 is 0 Å². The number of rotatable bonds is 5. The van der Waals surface area contributed by atoms with E-state index in [1.54, 1.807) is 13.8 Å². The van der Waals surface area contributed by atoms with Crippen molar-refractivity contribution in [2.75, 3.05) is 6.61 Å². The van der Waals surface area contributed by atoms with E-state index in [1.807, 2.05) is 6.92 Å². The number of ether oxygens (including phenoxy) is 1. The van der Waals surface area contributed by atoms with Gasteiger partial charge < -0.3 is 9.72 Å². The molecule has 0 aliphatic heterocycles. The first-order valence-corrected chi connectivity index (χ1v) is 6.93. The van der Waals surface area contributed by atoms with Crippen molar-refractivity contribution in [1.29, 1.82) is 0 Å². The van der Waals surface area contributed by atoms with Crippen LogP contribution in [0.25, 0.3) is 11.4 Å². The molecular formula is C15H17N3O4. The highest BCUT2D eigenvalue weighted by atomic mass is 16.6. The Bertz CT molecular complexity index is 768. The van der Waals surface area contributed by atoms with E-state index in [-0.39, 0.29) is 17.1 Å². The minimum atomic E-state index is -0.494. The zero-order valence-corrected chi connectivity index (χ0v) is 12.7. The largest absolute Gasteiger partial charge is 0.493 e. The number of aromatic nitrogens is 2. The van der Waals surface area contributed by atoms with Crippen LogP contribution in [-0.2, 0) is 0 Å². The third kappa shape index (κ3) is 3.13. The fourth-order valence-corrected chi connectivity index (χ4v) is 1.93. The number of hydrogen-bond donors (Lipinski definition) is 1. The molecule has 0 spiro atoms. The summed E-state index contributed by atoms with van der Waals surface area (Å²) in [5.41, 5.74) is 1.15. The predicted molar refractivity (Wildman–Crippen MR) is 82.2 cm³/mol. The number of non-ortho nitro benzene ring substituents is 1. The summed E-state index contributed by atoms with van der Waals surface area (Å²) >= 11 is 0. The zero-order chi connectivity index (χ0) is 16.3. The molecular weight excluding hydrogens is 286 g/mol. The summed E-state index contributed by atoms with van der Waals surface area (Å²) in [6.45, 7) is 5.83. The zero-order valence-electron chi connectivity index (χ0n) is 12.7. The standard InChI is InChI=1S/C15H17N3O4/c1-4-7-22-13-6-5-11(18(20)21)8-12(13)14-16-10(3)9(2)15(19)17-14/h5-6,8H,4,7H2,1-3H3,(H,16,17,19). The maximum absolute atomic E-state index is 11.9. The number of H-pyrrole nitrogens is 1. The first kappa shape index (κ1) is 15.7. The van der Waals surface area contributed by atoms with Crippen LogP contribution in [0.3, 0.4) is 0 Å². The highest BCUT2D eigenvalue weighted by Crippen LogP contribution is 2.31. The van der Waals surface area contributed by atoms with Crippen molar-refractivity contribution in [3.05, 3.63) is 49.9 Å². The van der Waals surface area contributed by atoms with Gasteiger partial charge in [0.2, 0.25) is 0 Å². The van der Waals surface area contributed by atoms with Crippen LogP contribution < -0.4 is 10.3 Å². The molecule has 22 heavy (non-hydrogen) atoms. The first-order valence-electron chi connectivity index (χ1n) is 6.93. The molecule has 0 saturated carbocycles. The molecule has 1 heterocycles. The topological polar surface area (TPSA) is 98.1 Å². The Morgan fingerprint density at radius 3 is 2.68 bits per heavy atom. The van der Waals surface area contributed by atoms with Crippen LogP contribution in [0.1, 0.15) is 24.6 Å². The second kappa shape index (κ2) is 6.38. The molecule has 7 nitrogen and oxygen atoms in total. The molecule has 0 aliphatic rings. The van der Waals surface area contributed by atoms with Crippen LogP contribution in [0.2, 0.25) is 0 Å². The molecule has 0 fully saturated rings. The lowest BCUT2D eigenvalue weighted by molar-refractivity contribution is -0.384. The van der Waals surface area contributed by atoms with Crippen molar-refractivity contribution in [2.24, 2.45) is 0 Å². The minimum absolute atomic E-state index is 0.0836. The summed E-state index contributed by atoms with van der Waals surface area (Å²) < 4.78 is 5.60. The van der Waals surface area contributed by atoms with E-state index < -0.39 is 4.92 Å². The van der Waals surface area contributed by atoms with Crippen molar-refractivity contribution in [1.82, 2.24) is 9.97 Å². The Kier molecular flexibility index (Phi) is 4.55. The van der Waals surface area contributed by atoms with E-state index in [1.165, 1.54) is 18.2 Å². The second-order valence-electron chi connectivity index (χ2n) is 4.91. The predicted octanol–water partition coefficient (Wildman–Crippen LogP) is 2.75. The van der Waals surface area contributed by atoms with E-state index in [0.29, 0.717) is 29.2 Å². The Morgan fingerprint density at radius 2 is 2.09 bits per heavy atom. The number of nitro benzene ring substituents is 1. The normalized spacial score (nSPS) is 10.5. The van der Waals surface area contributed by atoms with Gasteiger partial charge in [0.1, 0.15) is 11.6 Å². The van der Waals surface area contributed by atoms with E-state index in [2.05, 4.69) is 9.97 Å². The second-order valence-corrected chi connectivity index (χ2v) is 4.91. The summed E-state index contributed by atoms with van der Waals surface area (Å²) in [5.74, 6) is 0.724. The molecule has 1 aromatic heterocycles. The first-order chi connectivity index (χ1) is 10.4. The van der Waals surface area contributed by atoms with Gasteiger partial charge in [-0.05, 0) is 26.3 Å². The molecule has 7 heteroatoms. The Labute approximate surface area is 127 Å². The fourth-order valence-electron chi connectivity index (χ4n) is 1.93. The molecule has 2 rings (SSSR count). The molecule has 1 N–H and O–H groups in total. The molecule has 0 aliphatic carbocycles. The van der Waals surface area contributed by atoms with Gasteiger partial charge in [0.05, 0.1) is 17.1 Å². The quantitative estimate of drug-likeness (QED) is 0.676. The molecule has 0 bridgehead atoms. The number of nitrogens with zero attached hydrogens (tertiary/aromatic N) is 2. The molecule has 0 saturated heterocycles. The van der Waals surface area contributed by atoms with Crippen molar-refractivity contribution in [3.63, 3.8) is 0 Å². The minimum Gasteiger partial charge on any atom is -0.493 e. The number of nitrogens with one attached hydrogen (secondary N) is 1. The third-order valence-electron chi connectivity index (χ3n) is 3.29. The van der Waals surface area contributed by atoms with Crippen molar-refractivity contribution >= 4 is 5.69 Å². The highest BCUT2D eigenvalue weighted by molar-refractivity contribution is 5.67. The van der Waals surface area contributed by atoms with Gasteiger partial charge in [0.25, 0.3) is 11.2 Å². The summed E-state index contributed by atoms with van der Waals surface area (Å²) in [5, 5.41) is 11.0. The van der Waals surface area contributed by atoms with Crippen LogP contribution in [-0.4, -0.2) is 21.5 Å². The van der Waals surface area contributed by atoms with Gasteiger partial charge in [-0.3, -0.25) is 14.9 Å². The van der Waals surface area contributed by atoms with Gasteiger partial charge in [-0.1, -0.05) is 6.92 Å². The molecule has 1 aromatic carbocycles. The number of aryl methyl sites for hydroxylation is 1. The van der Waals surface area contributed by atoms with Gasteiger partial charge in [-0.15, -0.1) is 0 Å². The van der Waals surface area contributed by atoms with Crippen molar-refractivity contribution < 1.29 is 9.66 Å². The Morgan fingerprint density at radius 1 is 1.36 bits per heavy atom. The molecule has 2 aromatic rings. The SMILES string of the molecule is CCCOc1ccc([N+](=O)[O-])cc1-c1nc(C)c(C)c(=O)[nH]1. The van der Waals surface area contributed by atoms with Gasteiger partial charge in [-0.25, -0.2) is 4.98 Å². The monoisotopic (exact) mass is 303 g/mol. The summed E-state index contributed by atoms with van der Waals surface area (Å²) in [4.78, 5) is 29.3. The van der Waals surface area contributed by atoms with Crippen LogP contribution >= 0.6 is 0 Å². The summed E-state index contributed by atoms with van der Waals surface area (Å²) in [6.07, 6.45) is 0.799.